The van der Waals surface area contributed by atoms with E-state index in [0.717, 1.165) is 31.5 Å². The number of piperidine rings is 1. The lowest BCUT2D eigenvalue weighted by Crippen LogP contribution is -2.43. The maximum Gasteiger partial charge on any atom is 0.233 e. The van der Waals surface area contributed by atoms with E-state index < -0.39 is 0 Å². The molecule has 0 aliphatic carbocycles. The van der Waals surface area contributed by atoms with Crippen LogP contribution in [0.3, 0.4) is 0 Å². The van der Waals surface area contributed by atoms with Gasteiger partial charge < -0.3 is 10.6 Å². The molecule has 1 aliphatic heterocycles. The van der Waals surface area contributed by atoms with Gasteiger partial charge in [-0.2, -0.15) is 0 Å². The molecule has 0 unspecified atom stereocenters. The van der Waals surface area contributed by atoms with Crippen LogP contribution in [-0.4, -0.2) is 43.4 Å². The van der Waals surface area contributed by atoms with Gasteiger partial charge in [-0.15, -0.1) is 0 Å². The molecule has 2 N–H and O–H groups in total. The number of rotatable bonds is 5. The van der Waals surface area contributed by atoms with Crippen LogP contribution in [0.5, 0.6) is 0 Å². The average Bonchev–Trinajstić information content (AvgIpc) is 2.54. The molecule has 120 valence electrons. The third kappa shape index (κ3) is 4.80. The number of carbonyl (C=O) groups is 2. The minimum Gasteiger partial charge on any atom is -0.358 e. The zero-order valence-electron chi connectivity index (χ0n) is 12.8. The quantitative estimate of drug-likeness (QED) is 0.850. The molecule has 1 aliphatic rings. The highest BCUT2D eigenvalue weighted by Gasteiger charge is 2.25. The number of halogens is 1. The standard InChI is InChI=1S/C16H22FN3O2/c1-18-15(21)11-20-8-6-13(7-9-20)16(22)19-10-12-2-4-14(17)5-3-12/h2-5,13H,6-11H2,1H3,(H,18,21)(H,19,22). The SMILES string of the molecule is CNC(=O)CN1CCC(C(=O)NCc2ccc(F)cc2)CC1. The normalized spacial score (nSPS) is 16.3. The number of likely N-dealkylation sites (N-methyl/N-ethyl adjacent to an activating group) is 1. The maximum atomic E-state index is 12.8. The van der Waals surface area contributed by atoms with Crippen LogP contribution in [0.2, 0.25) is 0 Å². The van der Waals surface area contributed by atoms with E-state index in [4.69, 9.17) is 0 Å². The molecule has 22 heavy (non-hydrogen) atoms. The summed E-state index contributed by atoms with van der Waals surface area (Å²) in [6.45, 7) is 2.31. The number of nitrogens with zero attached hydrogens (tertiary/aromatic N) is 1. The summed E-state index contributed by atoms with van der Waals surface area (Å²) >= 11 is 0. The average molecular weight is 307 g/mol. The molecule has 1 aromatic rings. The number of nitrogens with one attached hydrogen (secondary N) is 2. The van der Waals surface area contributed by atoms with Gasteiger partial charge in [0.2, 0.25) is 11.8 Å². The minimum absolute atomic E-state index is 0.000730. The van der Waals surface area contributed by atoms with Gasteiger partial charge in [0.05, 0.1) is 6.54 Å². The van der Waals surface area contributed by atoms with Crippen LogP contribution < -0.4 is 10.6 Å². The maximum absolute atomic E-state index is 12.8. The predicted octanol–water partition coefficient (Wildman–Crippen LogP) is 0.900. The van der Waals surface area contributed by atoms with Gasteiger partial charge in [-0.05, 0) is 43.6 Å². The van der Waals surface area contributed by atoms with Crippen LogP contribution in [-0.2, 0) is 16.1 Å². The Morgan fingerprint density at radius 2 is 1.86 bits per heavy atom. The molecule has 0 radical (unpaired) electrons. The van der Waals surface area contributed by atoms with Crippen LogP contribution in [0.4, 0.5) is 4.39 Å². The van der Waals surface area contributed by atoms with Crippen molar-refractivity contribution < 1.29 is 14.0 Å². The largest absolute Gasteiger partial charge is 0.358 e. The second-order valence-corrected chi connectivity index (χ2v) is 5.57. The Hall–Kier alpha value is -1.95. The Morgan fingerprint density at radius 1 is 1.23 bits per heavy atom. The molecule has 2 rings (SSSR count). The number of carbonyl (C=O) groups excluding carboxylic acids is 2. The van der Waals surface area contributed by atoms with Crippen molar-refractivity contribution in [2.45, 2.75) is 19.4 Å². The van der Waals surface area contributed by atoms with E-state index in [1.54, 1.807) is 19.2 Å². The third-order valence-electron chi connectivity index (χ3n) is 3.98. The molecular formula is C16H22FN3O2. The molecule has 0 atom stereocenters. The van der Waals surface area contributed by atoms with Crippen LogP contribution in [0.15, 0.2) is 24.3 Å². The molecule has 2 amide bonds. The van der Waals surface area contributed by atoms with E-state index in [2.05, 4.69) is 15.5 Å². The van der Waals surface area contributed by atoms with E-state index >= 15 is 0 Å². The zero-order chi connectivity index (χ0) is 15.9. The predicted molar refractivity (Wildman–Crippen MR) is 81.5 cm³/mol. The number of hydrogen-bond acceptors (Lipinski definition) is 3. The van der Waals surface area contributed by atoms with Crippen molar-refractivity contribution in [1.82, 2.24) is 15.5 Å². The Bertz CT molecular complexity index is 511. The van der Waals surface area contributed by atoms with Crippen molar-refractivity contribution in [3.63, 3.8) is 0 Å². The van der Waals surface area contributed by atoms with Gasteiger partial charge in [-0.25, -0.2) is 4.39 Å². The molecule has 1 aromatic carbocycles. The molecule has 0 saturated carbocycles. The molecule has 0 bridgehead atoms. The summed E-state index contributed by atoms with van der Waals surface area (Å²) in [5.41, 5.74) is 0.881. The first-order valence-electron chi connectivity index (χ1n) is 7.53. The summed E-state index contributed by atoms with van der Waals surface area (Å²) < 4.78 is 12.8. The molecule has 0 spiro atoms. The highest BCUT2D eigenvalue weighted by Crippen LogP contribution is 2.17. The van der Waals surface area contributed by atoms with Crippen LogP contribution in [0.25, 0.3) is 0 Å². The lowest BCUT2D eigenvalue weighted by Gasteiger charge is -2.30. The van der Waals surface area contributed by atoms with Crippen molar-refractivity contribution in [3.05, 3.63) is 35.6 Å². The zero-order valence-corrected chi connectivity index (χ0v) is 12.8. The Kier molecular flexibility index (Phi) is 5.89. The molecule has 6 heteroatoms. The van der Waals surface area contributed by atoms with E-state index in [0.29, 0.717) is 13.1 Å². The number of amides is 2. The van der Waals surface area contributed by atoms with E-state index in [-0.39, 0.29) is 23.5 Å². The second-order valence-electron chi connectivity index (χ2n) is 5.57. The number of benzene rings is 1. The lowest BCUT2D eigenvalue weighted by molar-refractivity contribution is -0.127. The summed E-state index contributed by atoms with van der Waals surface area (Å²) in [7, 11) is 1.62. The summed E-state index contributed by atoms with van der Waals surface area (Å²) in [6.07, 6.45) is 1.51. The van der Waals surface area contributed by atoms with Crippen LogP contribution in [0, 0.1) is 11.7 Å². The fourth-order valence-electron chi connectivity index (χ4n) is 2.57. The molecule has 1 heterocycles. The number of hydrogen-bond donors (Lipinski definition) is 2. The summed E-state index contributed by atoms with van der Waals surface area (Å²) in [5, 5.41) is 5.50. The van der Waals surface area contributed by atoms with Crippen molar-refractivity contribution in [2.24, 2.45) is 5.92 Å². The van der Waals surface area contributed by atoms with Gasteiger partial charge in [-0.3, -0.25) is 14.5 Å². The first-order valence-corrected chi connectivity index (χ1v) is 7.53. The molecule has 1 saturated heterocycles. The minimum atomic E-state index is -0.279. The van der Waals surface area contributed by atoms with Crippen LogP contribution >= 0.6 is 0 Å². The fraction of sp³-hybridized carbons (Fsp3) is 0.500. The second kappa shape index (κ2) is 7.89. The van der Waals surface area contributed by atoms with Gasteiger partial charge in [0.15, 0.2) is 0 Å². The summed E-state index contributed by atoms with van der Waals surface area (Å²) in [4.78, 5) is 25.5. The van der Waals surface area contributed by atoms with Gasteiger partial charge >= 0.3 is 0 Å². The van der Waals surface area contributed by atoms with E-state index in [1.807, 2.05) is 0 Å². The van der Waals surface area contributed by atoms with Crippen LogP contribution in [0.1, 0.15) is 18.4 Å². The van der Waals surface area contributed by atoms with Crippen molar-refractivity contribution in [1.29, 1.82) is 0 Å². The van der Waals surface area contributed by atoms with Gasteiger partial charge in [0, 0.05) is 19.5 Å². The van der Waals surface area contributed by atoms with Crippen molar-refractivity contribution in [3.8, 4) is 0 Å². The molecule has 1 fully saturated rings. The Labute approximate surface area is 129 Å². The van der Waals surface area contributed by atoms with E-state index in [9.17, 15) is 14.0 Å². The highest BCUT2D eigenvalue weighted by atomic mass is 19.1. The summed E-state index contributed by atoms with van der Waals surface area (Å²) in [6, 6.07) is 6.11. The number of likely N-dealkylation sites (tertiary alicyclic amines) is 1. The first-order chi connectivity index (χ1) is 10.6. The fourth-order valence-corrected chi connectivity index (χ4v) is 2.57. The lowest BCUT2D eigenvalue weighted by atomic mass is 9.96. The Morgan fingerprint density at radius 3 is 2.45 bits per heavy atom. The van der Waals surface area contributed by atoms with E-state index in [1.165, 1.54) is 12.1 Å². The topological polar surface area (TPSA) is 61.4 Å². The highest BCUT2D eigenvalue weighted by molar-refractivity contribution is 5.79. The van der Waals surface area contributed by atoms with Crippen molar-refractivity contribution in [2.75, 3.05) is 26.7 Å². The van der Waals surface area contributed by atoms with Gasteiger partial charge in [0.25, 0.3) is 0 Å². The Balaban J connectivity index is 1.73. The van der Waals surface area contributed by atoms with Gasteiger partial charge in [0.1, 0.15) is 5.82 Å². The monoisotopic (exact) mass is 307 g/mol. The first kappa shape index (κ1) is 16.4. The molecule has 0 aromatic heterocycles. The third-order valence-corrected chi connectivity index (χ3v) is 3.98. The smallest absolute Gasteiger partial charge is 0.233 e. The van der Waals surface area contributed by atoms with Gasteiger partial charge in [-0.1, -0.05) is 12.1 Å². The molecule has 5 nitrogen and oxygen atoms in total. The molecular weight excluding hydrogens is 285 g/mol. The van der Waals surface area contributed by atoms with Crippen molar-refractivity contribution >= 4 is 11.8 Å². The summed E-state index contributed by atoms with van der Waals surface area (Å²) in [5.74, 6) is -0.261.